The van der Waals surface area contributed by atoms with Gasteiger partial charge in [0, 0.05) is 10.6 Å². The van der Waals surface area contributed by atoms with Gasteiger partial charge in [-0.15, -0.1) is 11.6 Å². The number of alkyl halides is 1. The van der Waals surface area contributed by atoms with Crippen molar-refractivity contribution in [2.24, 2.45) is 0 Å². The number of nitrogens with one attached hydrogen (secondary N) is 1. The fraction of sp³-hybridized carbons (Fsp3) is 1.00. The molecule has 0 spiro atoms. The maximum atomic E-state index is 6.10. The molecule has 1 N–H and O–H groups in total. The lowest BCUT2D eigenvalue weighted by atomic mass is 10.00. The van der Waals surface area contributed by atoms with E-state index >= 15 is 0 Å². The van der Waals surface area contributed by atoms with Crippen LogP contribution in [0.15, 0.2) is 0 Å². The molecular formula is C7H14ClNS. The molecule has 2 unspecified atom stereocenters. The van der Waals surface area contributed by atoms with E-state index in [0.717, 1.165) is 0 Å². The minimum absolute atomic E-state index is 0.395. The topological polar surface area (TPSA) is 12.0 Å². The Morgan fingerprint density at radius 3 is 2.70 bits per heavy atom. The van der Waals surface area contributed by atoms with Crippen molar-refractivity contribution in [3.8, 4) is 0 Å². The van der Waals surface area contributed by atoms with Crippen molar-refractivity contribution in [3.05, 3.63) is 0 Å². The molecule has 0 heterocycles. The van der Waals surface area contributed by atoms with Crippen molar-refractivity contribution in [2.75, 3.05) is 7.05 Å². The summed E-state index contributed by atoms with van der Waals surface area (Å²) in [5.41, 5.74) is 0. The average Bonchev–Trinajstić information content (AvgIpc) is 1.94. The van der Waals surface area contributed by atoms with E-state index in [1.807, 2.05) is 7.05 Å². The second-order valence-corrected chi connectivity index (χ2v) is 4.47. The Balaban J connectivity index is 2.25. The molecule has 0 aromatic rings. The molecule has 1 nitrogen and oxygen atoms in total. The summed E-state index contributed by atoms with van der Waals surface area (Å²) >= 11 is 7.88. The Morgan fingerprint density at radius 1 is 1.40 bits per heavy atom. The van der Waals surface area contributed by atoms with Crippen molar-refractivity contribution in [2.45, 2.75) is 36.3 Å². The van der Waals surface area contributed by atoms with Gasteiger partial charge in [-0.05, 0) is 19.9 Å². The number of rotatable bonds is 2. The molecule has 0 aromatic carbocycles. The molecule has 10 heavy (non-hydrogen) atoms. The third kappa shape index (κ3) is 2.33. The van der Waals surface area contributed by atoms with Crippen LogP contribution in [0.4, 0.5) is 0 Å². The maximum Gasteiger partial charge on any atom is 0.0467 e. The number of halogens is 1. The van der Waals surface area contributed by atoms with Gasteiger partial charge in [-0.2, -0.15) is 0 Å². The Bertz CT molecular complexity index is 97.6. The largest absolute Gasteiger partial charge is 0.267 e. The van der Waals surface area contributed by atoms with E-state index in [1.54, 1.807) is 11.9 Å². The second kappa shape index (κ2) is 4.47. The summed E-state index contributed by atoms with van der Waals surface area (Å²) in [5.74, 6) is 0. The summed E-state index contributed by atoms with van der Waals surface area (Å²) in [6, 6.07) is 0. The lowest BCUT2D eigenvalue weighted by Gasteiger charge is -2.25. The first-order valence-corrected chi connectivity index (χ1v) is 5.12. The zero-order chi connectivity index (χ0) is 7.40. The molecule has 1 saturated carbocycles. The molecule has 1 fully saturated rings. The first-order valence-electron chi connectivity index (χ1n) is 3.81. The lowest BCUT2D eigenvalue weighted by molar-refractivity contribution is 0.522. The molecule has 1 rings (SSSR count). The second-order valence-electron chi connectivity index (χ2n) is 2.66. The average molecular weight is 180 g/mol. The normalized spacial score (nSPS) is 34.2. The molecule has 60 valence electrons. The first kappa shape index (κ1) is 8.69. The Kier molecular flexibility index (Phi) is 3.89. The first-order chi connectivity index (χ1) is 4.84. The minimum Gasteiger partial charge on any atom is -0.267 e. The standard InChI is InChI=1S/C7H14ClNS/c1-9-10-7-5-3-2-4-6(7)8/h6-7,9H,2-5H2,1H3. The van der Waals surface area contributed by atoms with Gasteiger partial charge < -0.3 is 0 Å². The molecular weight excluding hydrogens is 166 g/mol. The van der Waals surface area contributed by atoms with E-state index in [0.29, 0.717) is 10.6 Å². The van der Waals surface area contributed by atoms with E-state index in [2.05, 4.69) is 4.72 Å². The summed E-state index contributed by atoms with van der Waals surface area (Å²) in [6.45, 7) is 0. The zero-order valence-corrected chi connectivity index (χ0v) is 7.84. The van der Waals surface area contributed by atoms with Crippen LogP contribution in [0.1, 0.15) is 25.7 Å². The van der Waals surface area contributed by atoms with Gasteiger partial charge in [0.05, 0.1) is 0 Å². The SMILES string of the molecule is CNSC1CCCCC1Cl. The summed E-state index contributed by atoms with van der Waals surface area (Å²) < 4.78 is 3.10. The molecule has 0 saturated heterocycles. The number of hydrogen-bond acceptors (Lipinski definition) is 2. The van der Waals surface area contributed by atoms with E-state index in [1.165, 1.54) is 25.7 Å². The van der Waals surface area contributed by atoms with Crippen molar-refractivity contribution in [1.82, 2.24) is 4.72 Å². The molecule has 0 aliphatic heterocycles. The molecule has 3 heteroatoms. The van der Waals surface area contributed by atoms with Crippen molar-refractivity contribution in [3.63, 3.8) is 0 Å². The highest BCUT2D eigenvalue weighted by Crippen LogP contribution is 2.30. The maximum absolute atomic E-state index is 6.10. The minimum atomic E-state index is 0.395. The fourth-order valence-electron chi connectivity index (χ4n) is 1.34. The van der Waals surface area contributed by atoms with Crippen LogP contribution in [0.25, 0.3) is 0 Å². The summed E-state index contributed by atoms with van der Waals surface area (Å²) in [7, 11) is 1.96. The van der Waals surface area contributed by atoms with E-state index in [4.69, 9.17) is 11.6 Å². The van der Waals surface area contributed by atoms with E-state index in [-0.39, 0.29) is 0 Å². The van der Waals surface area contributed by atoms with Crippen LogP contribution in [-0.2, 0) is 0 Å². The van der Waals surface area contributed by atoms with Crippen molar-refractivity contribution >= 4 is 23.5 Å². The van der Waals surface area contributed by atoms with Crippen LogP contribution < -0.4 is 4.72 Å². The van der Waals surface area contributed by atoms with Crippen LogP contribution in [0.2, 0.25) is 0 Å². The molecule has 0 amide bonds. The molecule has 0 radical (unpaired) electrons. The van der Waals surface area contributed by atoms with Gasteiger partial charge in [-0.3, -0.25) is 4.72 Å². The molecule has 0 aromatic heterocycles. The third-order valence-corrected chi connectivity index (χ3v) is 3.67. The monoisotopic (exact) mass is 179 g/mol. The van der Waals surface area contributed by atoms with Crippen LogP contribution in [-0.4, -0.2) is 17.7 Å². The highest BCUT2D eigenvalue weighted by Gasteiger charge is 2.22. The quantitative estimate of drug-likeness (QED) is 0.516. The number of hydrogen-bond donors (Lipinski definition) is 1. The molecule has 0 bridgehead atoms. The van der Waals surface area contributed by atoms with Crippen LogP contribution >= 0.6 is 23.5 Å². The van der Waals surface area contributed by atoms with Crippen molar-refractivity contribution < 1.29 is 0 Å². The smallest absolute Gasteiger partial charge is 0.0467 e. The predicted molar refractivity (Wildman–Crippen MR) is 48.5 cm³/mol. The highest BCUT2D eigenvalue weighted by atomic mass is 35.5. The van der Waals surface area contributed by atoms with Crippen LogP contribution in [0, 0.1) is 0 Å². The van der Waals surface area contributed by atoms with E-state index < -0.39 is 0 Å². The van der Waals surface area contributed by atoms with Gasteiger partial charge >= 0.3 is 0 Å². The van der Waals surface area contributed by atoms with E-state index in [9.17, 15) is 0 Å². The summed E-state index contributed by atoms with van der Waals surface area (Å²) in [4.78, 5) is 0. The third-order valence-electron chi connectivity index (χ3n) is 1.89. The molecule has 1 aliphatic rings. The van der Waals surface area contributed by atoms with Crippen LogP contribution in [0.3, 0.4) is 0 Å². The van der Waals surface area contributed by atoms with Gasteiger partial charge in [0.25, 0.3) is 0 Å². The van der Waals surface area contributed by atoms with Crippen molar-refractivity contribution in [1.29, 1.82) is 0 Å². The predicted octanol–water partition coefficient (Wildman–Crippen LogP) is 2.40. The Labute approximate surface area is 72.0 Å². The Morgan fingerprint density at radius 2 is 2.10 bits per heavy atom. The highest BCUT2D eigenvalue weighted by molar-refractivity contribution is 7.98. The van der Waals surface area contributed by atoms with Gasteiger partial charge in [0.15, 0.2) is 0 Å². The van der Waals surface area contributed by atoms with Gasteiger partial charge in [0.1, 0.15) is 0 Å². The van der Waals surface area contributed by atoms with Crippen LogP contribution in [0.5, 0.6) is 0 Å². The summed E-state index contributed by atoms with van der Waals surface area (Å²) in [5, 5.41) is 1.03. The summed E-state index contributed by atoms with van der Waals surface area (Å²) in [6.07, 6.45) is 5.14. The fourth-order valence-corrected chi connectivity index (χ4v) is 2.64. The molecule has 1 aliphatic carbocycles. The molecule has 2 atom stereocenters. The van der Waals surface area contributed by atoms with Gasteiger partial charge in [-0.1, -0.05) is 24.8 Å². The zero-order valence-electron chi connectivity index (χ0n) is 6.27. The lowest BCUT2D eigenvalue weighted by Crippen LogP contribution is -2.24. The Hall–Kier alpha value is 0.600. The van der Waals surface area contributed by atoms with Gasteiger partial charge in [0.2, 0.25) is 0 Å². The van der Waals surface area contributed by atoms with Gasteiger partial charge in [-0.25, -0.2) is 0 Å².